The number of hydrogen-bond donors (Lipinski definition) is 0. The van der Waals surface area contributed by atoms with Crippen LogP contribution in [0.2, 0.25) is 0 Å². The second kappa shape index (κ2) is 11.6. The lowest BCUT2D eigenvalue weighted by atomic mass is 9.73. The number of hydrogen-bond acceptors (Lipinski definition) is 10. The van der Waals surface area contributed by atoms with Crippen molar-refractivity contribution in [1.29, 1.82) is 5.26 Å². The minimum absolute atomic E-state index is 0.00713. The molecule has 236 valence electrons. The third-order valence-electron chi connectivity index (χ3n) is 10.1. The summed E-state index contributed by atoms with van der Waals surface area (Å²) in [7, 11) is 1.56. The van der Waals surface area contributed by atoms with Crippen molar-refractivity contribution in [2.24, 2.45) is 5.41 Å². The molecule has 1 spiro atoms. The quantitative estimate of drug-likeness (QED) is 0.290. The van der Waals surface area contributed by atoms with E-state index in [1.165, 1.54) is 0 Å². The van der Waals surface area contributed by atoms with Gasteiger partial charge in [-0.25, -0.2) is 14.5 Å². The minimum Gasteiger partial charge on any atom is -0.491 e. The Bertz CT molecular complexity index is 1770. The number of carbonyl (C=O) groups is 1. The molecule has 4 aromatic rings. The van der Waals surface area contributed by atoms with Crippen LogP contribution in [0.15, 0.2) is 55.1 Å². The number of fused-ring (bicyclic) bond motifs is 3. The Morgan fingerprint density at radius 1 is 1.09 bits per heavy atom. The van der Waals surface area contributed by atoms with E-state index in [0.29, 0.717) is 34.8 Å². The molecule has 9 heterocycles. The topological polar surface area (TPSA) is 121 Å². The monoisotopic (exact) mass is 620 g/mol. The average molecular weight is 621 g/mol. The van der Waals surface area contributed by atoms with Gasteiger partial charge < -0.3 is 24.0 Å². The van der Waals surface area contributed by atoms with Crippen molar-refractivity contribution in [3.8, 4) is 28.8 Å². The number of methoxy groups -OCH3 is 1. The average Bonchev–Trinajstić information content (AvgIpc) is 3.51. The van der Waals surface area contributed by atoms with Crippen LogP contribution in [0.5, 0.6) is 11.6 Å². The summed E-state index contributed by atoms with van der Waals surface area (Å²) in [4.78, 5) is 28.9. The molecule has 1 amide bonds. The van der Waals surface area contributed by atoms with E-state index in [0.717, 1.165) is 87.7 Å². The molecule has 0 aromatic carbocycles. The highest BCUT2D eigenvalue weighted by molar-refractivity contribution is 5.95. The number of rotatable bonds is 8. The van der Waals surface area contributed by atoms with Crippen LogP contribution in [-0.4, -0.2) is 107 Å². The number of piperazine rings is 1. The first-order chi connectivity index (χ1) is 22.5. The summed E-state index contributed by atoms with van der Waals surface area (Å²) in [6, 6.07) is 12.1. The maximum absolute atomic E-state index is 13.2. The van der Waals surface area contributed by atoms with Gasteiger partial charge in [0.2, 0.25) is 5.88 Å². The largest absolute Gasteiger partial charge is 0.491 e. The van der Waals surface area contributed by atoms with Crippen molar-refractivity contribution >= 4 is 17.2 Å². The Labute approximate surface area is 267 Å². The third-order valence-corrected chi connectivity index (χ3v) is 10.1. The van der Waals surface area contributed by atoms with Crippen LogP contribution in [0.1, 0.15) is 35.2 Å². The second-order valence-corrected chi connectivity index (χ2v) is 12.9. The fraction of sp³-hybridized carbons (Fsp3) is 0.441. The first kappa shape index (κ1) is 28.7. The number of amides is 1. The van der Waals surface area contributed by atoms with Crippen molar-refractivity contribution in [3.63, 3.8) is 0 Å². The summed E-state index contributed by atoms with van der Waals surface area (Å²) < 4.78 is 18.6. The van der Waals surface area contributed by atoms with Gasteiger partial charge in [0, 0.05) is 80.9 Å². The number of piperidine rings is 1. The van der Waals surface area contributed by atoms with E-state index in [9.17, 15) is 10.1 Å². The fourth-order valence-corrected chi connectivity index (χ4v) is 7.59. The lowest BCUT2D eigenvalue weighted by Crippen LogP contribution is -2.70. The SMILES string of the molecule is COc1ccc(C(=O)N2C3CC2CN(c2ccc(-c4cc(OCCN5CC6(CCOCC6)C5)cn5ncc(C#N)c45)cn2)C3)cn1. The van der Waals surface area contributed by atoms with E-state index >= 15 is 0 Å². The van der Waals surface area contributed by atoms with E-state index < -0.39 is 0 Å². The zero-order chi connectivity index (χ0) is 31.3. The molecule has 12 nitrogen and oxygen atoms in total. The predicted molar refractivity (Wildman–Crippen MR) is 169 cm³/mol. The predicted octanol–water partition coefficient (Wildman–Crippen LogP) is 3.27. The van der Waals surface area contributed by atoms with Crippen LogP contribution in [0.25, 0.3) is 16.6 Å². The summed E-state index contributed by atoms with van der Waals surface area (Å²) >= 11 is 0. The van der Waals surface area contributed by atoms with E-state index in [1.807, 2.05) is 35.5 Å². The Balaban J connectivity index is 0.944. The molecule has 46 heavy (non-hydrogen) atoms. The van der Waals surface area contributed by atoms with E-state index in [1.54, 1.807) is 36.2 Å². The van der Waals surface area contributed by atoms with Crippen molar-refractivity contribution in [1.82, 2.24) is 29.4 Å². The van der Waals surface area contributed by atoms with Gasteiger partial charge in [0.1, 0.15) is 24.2 Å². The van der Waals surface area contributed by atoms with E-state index in [2.05, 4.69) is 26.0 Å². The molecular weight excluding hydrogens is 584 g/mol. The zero-order valence-electron chi connectivity index (χ0n) is 25.8. The van der Waals surface area contributed by atoms with E-state index in [4.69, 9.17) is 19.2 Å². The molecule has 2 unspecified atom stereocenters. The third kappa shape index (κ3) is 5.09. The Morgan fingerprint density at radius 3 is 2.61 bits per heavy atom. The summed E-state index contributed by atoms with van der Waals surface area (Å²) in [6.07, 6.45) is 10.1. The highest BCUT2D eigenvalue weighted by Crippen LogP contribution is 2.40. The van der Waals surface area contributed by atoms with Crippen molar-refractivity contribution < 1.29 is 19.0 Å². The molecule has 0 aliphatic carbocycles. The van der Waals surface area contributed by atoms with Gasteiger partial charge in [0.25, 0.3) is 5.91 Å². The van der Waals surface area contributed by atoms with Crippen molar-refractivity contribution in [2.45, 2.75) is 31.3 Å². The zero-order valence-corrected chi connectivity index (χ0v) is 25.8. The molecule has 0 saturated carbocycles. The van der Waals surface area contributed by atoms with Crippen LogP contribution in [0.3, 0.4) is 0 Å². The highest BCUT2D eigenvalue weighted by Gasteiger charge is 2.48. The number of likely N-dealkylation sites (tertiary alicyclic amines) is 1. The minimum atomic E-state index is 0.00713. The molecule has 9 rings (SSSR count). The highest BCUT2D eigenvalue weighted by atomic mass is 16.5. The second-order valence-electron chi connectivity index (χ2n) is 12.9. The molecule has 0 radical (unpaired) electrons. The van der Waals surface area contributed by atoms with Gasteiger partial charge in [-0.3, -0.25) is 9.69 Å². The van der Waals surface area contributed by atoms with E-state index in [-0.39, 0.29) is 18.0 Å². The van der Waals surface area contributed by atoms with Crippen molar-refractivity contribution in [2.75, 3.05) is 64.6 Å². The van der Waals surface area contributed by atoms with Crippen LogP contribution < -0.4 is 14.4 Å². The van der Waals surface area contributed by atoms with Gasteiger partial charge >= 0.3 is 0 Å². The number of anilines is 1. The molecule has 2 atom stereocenters. The molecule has 5 fully saturated rings. The van der Waals surface area contributed by atoms with Gasteiger partial charge in [-0.15, -0.1) is 0 Å². The Morgan fingerprint density at radius 2 is 1.91 bits per heavy atom. The van der Waals surface area contributed by atoms with Gasteiger partial charge in [-0.1, -0.05) is 0 Å². The normalized spacial score (nSPS) is 21.8. The van der Waals surface area contributed by atoms with Crippen molar-refractivity contribution in [3.05, 3.63) is 66.2 Å². The first-order valence-corrected chi connectivity index (χ1v) is 15.9. The molecule has 5 saturated heterocycles. The number of nitriles is 1. The molecule has 12 heteroatoms. The standard InChI is InChI=1S/C34H36N8O4/c1-44-31-5-3-24(16-37-31)33(43)42-26-12-27(42)19-40(18-26)30-4-2-23(15-36-30)29-13-28(20-41-32(29)25(14-35)17-38-41)46-11-8-39-21-34(22-39)6-9-45-10-7-34/h2-5,13,15-17,20,26-27H,6-12,18-19,21-22H2,1H3. The maximum Gasteiger partial charge on any atom is 0.256 e. The lowest BCUT2D eigenvalue weighted by Gasteiger charge is -2.56. The lowest BCUT2D eigenvalue weighted by molar-refractivity contribution is -0.0829. The van der Waals surface area contributed by atoms with Crippen LogP contribution >= 0.6 is 0 Å². The van der Waals surface area contributed by atoms with Crippen LogP contribution in [0.4, 0.5) is 5.82 Å². The summed E-state index contributed by atoms with van der Waals surface area (Å²) in [5, 5.41) is 14.2. The number of carbonyl (C=O) groups excluding carboxylic acids is 1. The molecule has 5 aliphatic heterocycles. The molecule has 0 N–H and O–H groups in total. The van der Waals surface area contributed by atoms with Gasteiger partial charge in [-0.05, 0) is 43.5 Å². The number of aromatic nitrogens is 4. The number of ether oxygens (including phenoxy) is 3. The molecule has 4 aromatic heterocycles. The fourth-order valence-electron chi connectivity index (χ4n) is 7.59. The number of pyridine rings is 3. The van der Waals surface area contributed by atoms with Crippen LogP contribution in [-0.2, 0) is 4.74 Å². The van der Waals surface area contributed by atoms with Gasteiger partial charge in [-0.2, -0.15) is 10.4 Å². The van der Waals surface area contributed by atoms with Gasteiger partial charge in [0.05, 0.1) is 48.2 Å². The smallest absolute Gasteiger partial charge is 0.256 e. The first-order valence-electron chi connectivity index (χ1n) is 15.9. The summed E-state index contributed by atoms with van der Waals surface area (Å²) in [6.45, 7) is 6.86. The number of nitrogens with zero attached hydrogens (tertiary/aromatic N) is 8. The Hall–Kier alpha value is -4.73. The molecule has 2 bridgehead atoms. The maximum atomic E-state index is 13.2. The van der Waals surface area contributed by atoms with Crippen LogP contribution in [0, 0.1) is 16.7 Å². The molecule has 5 aliphatic rings. The molecular formula is C34H36N8O4. The van der Waals surface area contributed by atoms with Gasteiger partial charge in [0.15, 0.2) is 0 Å². The summed E-state index contributed by atoms with van der Waals surface area (Å²) in [5.74, 6) is 2.07. The Kier molecular flexibility index (Phi) is 7.22. The summed E-state index contributed by atoms with van der Waals surface area (Å²) in [5.41, 5.74) is 3.97.